The molecule has 8 nitrogen and oxygen atoms in total. The van der Waals surface area contributed by atoms with Crippen molar-refractivity contribution < 1.29 is 24.2 Å². The Balaban J connectivity index is 1.86. The van der Waals surface area contributed by atoms with Gasteiger partial charge in [0.05, 0.1) is 18.4 Å². The van der Waals surface area contributed by atoms with Gasteiger partial charge >= 0.3 is 5.97 Å². The molecule has 1 aromatic rings. The second-order valence-electron chi connectivity index (χ2n) is 9.59. The molecule has 1 fully saturated rings. The lowest BCUT2D eigenvalue weighted by Crippen LogP contribution is -2.44. The molecular formula is C28H41N3O5. The number of nitrogens with one attached hydrogen (secondary N) is 1. The molecule has 198 valence electrons. The van der Waals surface area contributed by atoms with Crippen molar-refractivity contribution in [2.45, 2.75) is 53.0 Å². The van der Waals surface area contributed by atoms with E-state index in [1.807, 2.05) is 43.3 Å². The molecule has 2 aliphatic rings. The van der Waals surface area contributed by atoms with Crippen molar-refractivity contribution in [2.24, 2.45) is 23.7 Å². The van der Waals surface area contributed by atoms with E-state index in [-0.39, 0.29) is 36.9 Å². The maximum atomic E-state index is 13.7. The first-order valence-corrected chi connectivity index (χ1v) is 13.3. The first-order chi connectivity index (χ1) is 17.4. The van der Waals surface area contributed by atoms with E-state index in [4.69, 9.17) is 9.84 Å². The van der Waals surface area contributed by atoms with E-state index in [1.165, 1.54) is 0 Å². The second kappa shape index (κ2) is 12.9. The molecule has 0 radical (unpaired) electrons. The molecular weight excluding hydrogens is 458 g/mol. The molecule has 0 saturated carbocycles. The van der Waals surface area contributed by atoms with Crippen molar-refractivity contribution in [2.75, 3.05) is 43.1 Å². The molecule has 5 atom stereocenters. The Bertz CT molecular complexity index is 928. The zero-order valence-corrected chi connectivity index (χ0v) is 22.0. The van der Waals surface area contributed by atoms with Gasteiger partial charge in [-0.2, -0.15) is 0 Å². The van der Waals surface area contributed by atoms with Crippen LogP contribution in [0, 0.1) is 23.7 Å². The van der Waals surface area contributed by atoms with Gasteiger partial charge in [0.2, 0.25) is 11.8 Å². The van der Waals surface area contributed by atoms with Gasteiger partial charge in [-0.05, 0) is 70.2 Å². The van der Waals surface area contributed by atoms with Crippen LogP contribution in [-0.4, -0.2) is 66.7 Å². The molecule has 0 unspecified atom stereocenters. The fraction of sp³-hybridized carbons (Fsp3) is 0.607. The van der Waals surface area contributed by atoms with E-state index < -0.39 is 23.8 Å². The van der Waals surface area contributed by atoms with Crippen LogP contribution in [0.5, 0.6) is 0 Å². The summed E-state index contributed by atoms with van der Waals surface area (Å²) in [7, 11) is 0. The number of fused-ring (bicyclic) bond motifs is 1. The maximum Gasteiger partial charge on any atom is 0.310 e. The summed E-state index contributed by atoms with van der Waals surface area (Å²) in [5.41, 5.74) is 1.75. The lowest BCUT2D eigenvalue weighted by Gasteiger charge is -2.32. The summed E-state index contributed by atoms with van der Waals surface area (Å²) in [6.45, 7) is 10.4. The second-order valence-corrected chi connectivity index (χ2v) is 9.59. The van der Waals surface area contributed by atoms with Crippen LogP contribution in [0.15, 0.2) is 36.4 Å². The number of nitrogens with zero attached hydrogens (tertiary/aromatic N) is 2. The number of hydrogen-bond donors (Lipinski definition) is 2. The smallest absolute Gasteiger partial charge is 0.310 e. The van der Waals surface area contributed by atoms with Crippen molar-refractivity contribution in [1.29, 1.82) is 0 Å². The largest absolute Gasteiger partial charge is 0.466 e. The average molecular weight is 500 g/mol. The SMILES string of the molecule is CCOC(=O)[C@H]1[C@@H]2C(=O)N(CCCCCO)[C@H](C(=O)Nc3ccc(N(CC)CC)cc3)[C@H]2C=C[C@H]1C. The molecule has 1 aliphatic carbocycles. The number of allylic oxidation sites excluding steroid dienone is 1. The number of aliphatic hydroxyl groups is 1. The van der Waals surface area contributed by atoms with Crippen LogP contribution < -0.4 is 10.2 Å². The van der Waals surface area contributed by atoms with Crippen LogP contribution in [0.4, 0.5) is 11.4 Å². The van der Waals surface area contributed by atoms with E-state index in [0.717, 1.165) is 25.2 Å². The third-order valence-corrected chi connectivity index (χ3v) is 7.42. The Hall–Kier alpha value is -2.87. The normalized spacial score (nSPS) is 25.0. The third kappa shape index (κ3) is 5.91. The topological polar surface area (TPSA) is 99.2 Å². The Morgan fingerprint density at radius 2 is 1.75 bits per heavy atom. The monoisotopic (exact) mass is 499 g/mol. The summed E-state index contributed by atoms with van der Waals surface area (Å²) in [6.07, 6.45) is 5.95. The standard InChI is InChI=1S/C28H41N3O5/c1-5-30(6-2)21-14-12-20(13-15-21)29-26(33)25-22-16-11-19(4)23(28(35)36-7-3)24(22)27(34)31(25)17-9-8-10-18-32/h11-16,19,22-25,32H,5-10,17-18H2,1-4H3,(H,29,33)/t19-,22+,23-,24-,25+/m1/s1. The fourth-order valence-electron chi connectivity index (χ4n) is 5.56. The minimum atomic E-state index is -0.709. The van der Waals surface area contributed by atoms with Crippen LogP contribution >= 0.6 is 0 Å². The summed E-state index contributed by atoms with van der Waals surface area (Å²) in [6, 6.07) is 7.02. The number of amides is 2. The number of anilines is 2. The molecule has 1 aromatic carbocycles. The van der Waals surface area contributed by atoms with Crippen LogP contribution in [0.3, 0.4) is 0 Å². The van der Waals surface area contributed by atoms with Crippen molar-refractivity contribution in [3.05, 3.63) is 36.4 Å². The Morgan fingerprint density at radius 1 is 1.06 bits per heavy atom. The summed E-state index contributed by atoms with van der Waals surface area (Å²) < 4.78 is 5.32. The van der Waals surface area contributed by atoms with Gasteiger partial charge in [-0.1, -0.05) is 19.1 Å². The molecule has 2 N–H and O–H groups in total. The van der Waals surface area contributed by atoms with Gasteiger partial charge in [0, 0.05) is 43.5 Å². The number of likely N-dealkylation sites (tertiary alicyclic amines) is 1. The lowest BCUT2D eigenvalue weighted by molar-refractivity contribution is -0.155. The maximum absolute atomic E-state index is 13.7. The van der Waals surface area contributed by atoms with Gasteiger partial charge in [-0.3, -0.25) is 14.4 Å². The van der Waals surface area contributed by atoms with Gasteiger partial charge < -0.3 is 25.0 Å². The van der Waals surface area contributed by atoms with Gasteiger partial charge in [0.25, 0.3) is 0 Å². The predicted octanol–water partition coefficient (Wildman–Crippen LogP) is 3.46. The number of carbonyl (C=O) groups is 3. The molecule has 0 bridgehead atoms. The predicted molar refractivity (Wildman–Crippen MR) is 140 cm³/mol. The number of unbranched alkanes of at least 4 members (excludes halogenated alkanes) is 2. The number of hydrogen-bond acceptors (Lipinski definition) is 6. The molecule has 1 saturated heterocycles. The van der Waals surface area contributed by atoms with Crippen molar-refractivity contribution in [1.82, 2.24) is 4.90 Å². The van der Waals surface area contributed by atoms with Gasteiger partial charge in [0.1, 0.15) is 6.04 Å². The molecule has 0 spiro atoms. The zero-order chi connectivity index (χ0) is 26.2. The van der Waals surface area contributed by atoms with E-state index >= 15 is 0 Å². The van der Waals surface area contributed by atoms with Gasteiger partial charge in [-0.15, -0.1) is 0 Å². The van der Waals surface area contributed by atoms with E-state index in [1.54, 1.807) is 11.8 Å². The molecule has 3 rings (SSSR count). The number of aliphatic hydroxyl groups excluding tert-OH is 1. The quantitative estimate of drug-likeness (QED) is 0.260. The molecule has 8 heteroatoms. The molecule has 36 heavy (non-hydrogen) atoms. The van der Waals surface area contributed by atoms with Crippen molar-refractivity contribution in [3.63, 3.8) is 0 Å². The van der Waals surface area contributed by atoms with Crippen molar-refractivity contribution in [3.8, 4) is 0 Å². The third-order valence-electron chi connectivity index (χ3n) is 7.42. The highest BCUT2D eigenvalue weighted by atomic mass is 16.5. The van der Waals surface area contributed by atoms with E-state index in [9.17, 15) is 14.4 Å². The number of esters is 1. The molecule has 1 aliphatic heterocycles. The van der Waals surface area contributed by atoms with E-state index in [0.29, 0.717) is 25.1 Å². The minimum absolute atomic E-state index is 0.0950. The minimum Gasteiger partial charge on any atom is -0.466 e. The number of rotatable bonds is 12. The Labute approximate surface area is 214 Å². The van der Waals surface area contributed by atoms with E-state index in [2.05, 4.69) is 24.1 Å². The van der Waals surface area contributed by atoms with Gasteiger partial charge in [-0.25, -0.2) is 0 Å². The van der Waals surface area contributed by atoms with Crippen LogP contribution in [-0.2, 0) is 19.1 Å². The lowest BCUT2D eigenvalue weighted by atomic mass is 9.70. The van der Waals surface area contributed by atoms with Crippen LogP contribution in [0.2, 0.25) is 0 Å². The highest BCUT2D eigenvalue weighted by Crippen LogP contribution is 2.44. The summed E-state index contributed by atoms with van der Waals surface area (Å²) in [5, 5.41) is 12.1. The summed E-state index contributed by atoms with van der Waals surface area (Å²) >= 11 is 0. The number of ether oxygens (including phenoxy) is 1. The first kappa shape index (κ1) is 27.7. The highest BCUT2D eigenvalue weighted by Gasteiger charge is 2.56. The Kier molecular flexibility index (Phi) is 9.93. The average Bonchev–Trinajstić information content (AvgIpc) is 3.15. The van der Waals surface area contributed by atoms with Crippen LogP contribution in [0.1, 0.15) is 47.0 Å². The van der Waals surface area contributed by atoms with Crippen molar-refractivity contribution >= 4 is 29.2 Å². The molecule has 1 heterocycles. The molecule has 0 aromatic heterocycles. The fourth-order valence-corrected chi connectivity index (χ4v) is 5.56. The van der Waals surface area contributed by atoms with Gasteiger partial charge in [0.15, 0.2) is 0 Å². The Morgan fingerprint density at radius 3 is 2.36 bits per heavy atom. The number of carbonyl (C=O) groups excluding carboxylic acids is 3. The zero-order valence-electron chi connectivity index (χ0n) is 22.0. The number of benzene rings is 1. The summed E-state index contributed by atoms with van der Waals surface area (Å²) in [5.74, 6) is -2.60. The van der Waals surface area contributed by atoms with Crippen LogP contribution in [0.25, 0.3) is 0 Å². The first-order valence-electron chi connectivity index (χ1n) is 13.3. The molecule has 2 amide bonds. The highest BCUT2D eigenvalue weighted by molar-refractivity contribution is 6.01. The summed E-state index contributed by atoms with van der Waals surface area (Å²) in [4.78, 5) is 44.0.